The Labute approximate surface area is 190 Å². The highest BCUT2D eigenvalue weighted by atomic mass is 16.2. The molecule has 3 aliphatic rings. The maximum atomic E-state index is 13.3. The smallest absolute Gasteiger partial charge is 0.325 e. The number of anilines is 1. The van der Waals surface area contributed by atoms with Gasteiger partial charge in [-0.1, -0.05) is 42.5 Å². The van der Waals surface area contributed by atoms with Gasteiger partial charge in [-0.2, -0.15) is 0 Å². The van der Waals surface area contributed by atoms with Crippen molar-refractivity contribution in [2.75, 3.05) is 44.2 Å². The number of nitrogens with one attached hydrogen (secondary N) is 1. The molecule has 6 nitrogen and oxygen atoms in total. The number of hydrogen-bond donors (Lipinski definition) is 1. The van der Waals surface area contributed by atoms with E-state index in [0.717, 1.165) is 64.0 Å². The summed E-state index contributed by atoms with van der Waals surface area (Å²) in [5, 5.41) is 3.06. The van der Waals surface area contributed by atoms with E-state index >= 15 is 0 Å². The highest BCUT2D eigenvalue weighted by molar-refractivity contribution is 6.07. The van der Waals surface area contributed by atoms with Gasteiger partial charge in [-0.05, 0) is 61.9 Å². The molecule has 0 bridgehead atoms. The second kappa shape index (κ2) is 8.94. The SMILES string of the molecule is O=C1NC2(CCCc3ccccc32)C(=O)N1CCCCN1CCN(c2ccccc2)CC1. The normalized spacial score (nSPS) is 23.5. The van der Waals surface area contributed by atoms with Crippen molar-refractivity contribution in [2.24, 2.45) is 0 Å². The first-order chi connectivity index (χ1) is 15.7. The van der Waals surface area contributed by atoms with Crippen molar-refractivity contribution in [3.05, 3.63) is 65.7 Å². The van der Waals surface area contributed by atoms with Crippen molar-refractivity contribution < 1.29 is 9.59 Å². The average molecular weight is 433 g/mol. The van der Waals surface area contributed by atoms with Crippen molar-refractivity contribution >= 4 is 17.6 Å². The third kappa shape index (κ3) is 3.88. The lowest BCUT2D eigenvalue weighted by Gasteiger charge is -2.36. The summed E-state index contributed by atoms with van der Waals surface area (Å²) in [6.07, 6.45) is 4.42. The largest absolute Gasteiger partial charge is 0.369 e. The summed E-state index contributed by atoms with van der Waals surface area (Å²) in [5.41, 5.74) is 2.62. The van der Waals surface area contributed by atoms with Crippen LogP contribution in [0.4, 0.5) is 10.5 Å². The van der Waals surface area contributed by atoms with Crippen molar-refractivity contribution in [1.82, 2.24) is 15.1 Å². The number of urea groups is 1. The van der Waals surface area contributed by atoms with E-state index in [1.807, 2.05) is 18.2 Å². The Bertz CT molecular complexity index is 971. The van der Waals surface area contributed by atoms with E-state index in [0.29, 0.717) is 13.0 Å². The fraction of sp³-hybridized carbons (Fsp3) is 0.462. The number of unbranched alkanes of at least 4 members (excludes halogenated alkanes) is 1. The van der Waals surface area contributed by atoms with Crippen molar-refractivity contribution in [3.8, 4) is 0 Å². The Morgan fingerprint density at radius 2 is 1.56 bits per heavy atom. The Morgan fingerprint density at radius 3 is 2.38 bits per heavy atom. The molecule has 168 valence electrons. The second-order valence-electron chi connectivity index (χ2n) is 9.17. The Morgan fingerprint density at radius 1 is 0.844 bits per heavy atom. The molecular formula is C26H32N4O2. The van der Waals surface area contributed by atoms with E-state index < -0.39 is 5.54 Å². The molecule has 2 aliphatic heterocycles. The summed E-state index contributed by atoms with van der Waals surface area (Å²) in [6, 6.07) is 18.4. The van der Waals surface area contributed by atoms with Crippen molar-refractivity contribution in [2.45, 2.75) is 37.6 Å². The molecule has 0 aromatic heterocycles. The molecule has 1 atom stereocenters. The number of piperazine rings is 1. The summed E-state index contributed by atoms with van der Waals surface area (Å²) in [6.45, 7) is 5.70. The lowest BCUT2D eigenvalue weighted by atomic mass is 9.76. The number of nitrogens with zero attached hydrogens (tertiary/aromatic N) is 3. The predicted molar refractivity (Wildman–Crippen MR) is 126 cm³/mol. The van der Waals surface area contributed by atoms with E-state index in [1.165, 1.54) is 16.2 Å². The molecule has 1 N–H and O–H groups in total. The quantitative estimate of drug-likeness (QED) is 0.562. The number of para-hydroxylation sites is 1. The molecule has 1 spiro atoms. The molecule has 1 aliphatic carbocycles. The van der Waals surface area contributed by atoms with Crippen LogP contribution in [-0.2, 0) is 16.8 Å². The van der Waals surface area contributed by atoms with E-state index in [1.54, 1.807) is 0 Å². The maximum Gasteiger partial charge on any atom is 0.325 e. The van der Waals surface area contributed by atoms with Crippen LogP contribution in [0.15, 0.2) is 54.6 Å². The highest BCUT2D eigenvalue weighted by Crippen LogP contribution is 2.39. The summed E-state index contributed by atoms with van der Waals surface area (Å²) >= 11 is 0. The number of carbonyl (C=O) groups excluding carboxylic acids is 2. The van der Waals surface area contributed by atoms with Crippen LogP contribution in [-0.4, -0.2) is 61.0 Å². The molecule has 2 aromatic rings. The molecule has 2 heterocycles. The third-order valence-corrected chi connectivity index (χ3v) is 7.25. The molecule has 1 unspecified atom stereocenters. The van der Waals surface area contributed by atoms with Crippen LogP contribution >= 0.6 is 0 Å². The fourth-order valence-corrected chi connectivity index (χ4v) is 5.49. The zero-order valence-electron chi connectivity index (χ0n) is 18.6. The lowest BCUT2D eigenvalue weighted by Crippen LogP contribution is -2.47. The minimum absolute atomic E-state index is 0.0638. The van der Waals surface area contributed by atoms with E-state index in [-0.39, 0.29) is 11.9 Å². The molecule has 6 heteroatoms. The van der Waals surface area contributed by atoms with E-state index in [2.05, 4.69) is 51.5 Å². The van der Waals surface area contributed by atoms with E-state index in [4.69, 9.17) is 0 Å². The Hall–Kier alpha value is -2.86. The number of amides is 3. The van der Waals surface area contributed by atoms with Crippen LogP contribution in [0.3, 0.4) is 0 Å². The number of hydrogen-bond acceptors (Lipinski definition) is 4. The maximum absolute atomic E-state index is 13.3. The van der Waals surface area contributed by atoms with E-state index in [9.17, 15) is 9.59 Å². The molecule has 2 fully saturated rings. The first-order valence-corrected chi connectivity index (χ1v) is 11.9. The minimum Gasteiger partial charge on any atom is -0.369 e. The molecule has 2 aromatic carbocycles. The van der Waals surface area contributed by atoms with Crippen LogP contribution in [0.25, 0.3) is 0 Å². The van der Waals surface area contributed by atoms with Crippen molar-refractivity contribution in [1.29, 1.82) is 0 Å². The highest BCUT2D eigenvalue weighted by Gasteiger charge is 2.53. The first kappa shape index (κ1) is 21.0. The summed E-state index contributed by atoms with van der Waals surface area (Å²) in [4.78, 5) is 32.4. The molecule has 2 saturated heterocycles. The van der Waals surface area contributed by atoms with Crippen LogP contribution in [0.5, 0.6) is 0 Å². The second-order valence-corrected chi connectivity index (χ2v) is 9.17. The number of imide groups is 1. The van der Waals surface area contributed by atoms with Gasteiger partial charge in [0.25, 0.3) is 5.91 Å². The van der Waals surface area contributed by atoms with Crippen LogP contribution in [0.2, 0.25) is 0 Å². The number of carbonyl (C=O) groups is 2. The van der Waals surface area contributed by atoms with Gasteiger partial charge in [-0.15, -0.1) is 0 Å². The molecule has 5 rings (SSSR count). The summed E-state index contributed by atoms with van der Waals surface area (Å²) in [5.74, 6) is -0.0638. The molecule has 0 radical (unpaired) electrons. The molecule has 32 heavy (non-hydrogen) atoms. The average Bonchev–Trinajstić information content (AvgIpc) is 3.07. The minimum atomic E-state index is -0.848. The van der Waals surface area contributed by atoms with Gasteiger partial charge in [0.2, 0.25) is 0 Å². The number of fused-ring (bicyclic) bond motifs is 2. The van der Waals surface area contributed by atoms with Gasteiger partial charge >= 0.3 is 6.03 Å². The molecule has 3 amide bonds. The van der Waals surface area contributed by atoms with Crippen LogP contribution < -0.4 is 10.2 Å². The van der Waals surface area contributed by atoms with Crippen LogP contribution in [0.1, 0.15) is 36.8 Å². The van der Waals surface area contributed by atoms with Gasteiger partial charge in [0, 0.05) is 38.4 Å². The van der Waals surface area contributed by atoms with Gasteiger partial charge in [-0.25, -0.2) is 4.79 Å². The Balaban J connectivity index is 1.11. The number of rotatable bonds is 6. The van der Waals surface area contributed by atoms with Gasteiger partial charge in [0.05, 0.1) is 0 Å². The molecule has 0 saturated carbocycles. The fourth-order valence-electron chi connectivity index (χ4n) is 5.49. The number of benzene rings is 2. The van der Waals surface area contributed by atoms with Gasteiger partial charge in [0.15, 0.2) is 0 Å². The summed E-state index contributed by atoms with van der Waals surface area (Å²) in [7, 11) is 0. The van der Waals surface area contributed by atoms with Gasteiger partial charge in [0.1, 0.15) is 5.54 Å². The predicted octanol–water partition coefficient (Wildman–Crippen LogP) is 3.37. The zero-order chi connectivity index (χ0) is 22.0. The standard InChI is InChI=1S/C26H32N4O2/c31-24-26(14-8-10-21-9-4-5-13-23(21)26)27-25(32)30(24)16-7-6-15-28-17-19-29(20-18-28)22-11-2-1-3-12-22/h1-5,9,11-13H,6-8,10,14-20H2,(H,27,32). The lowest BCUT2D eigenvalue weighted by molar-refractivity contribution is -0.132. The zero-order valence-corrected chi connectivity index (χ0v) is 18.6. The Kier molecular flexibility index (Phi) is 5.87. The van der Waals surface area contributed by atoms with Gasteiger partial charge in [-0.3, -0.25) is 14.6 Å². The summed E-state index contributed by atoms with van der Waals surface area (Å²) < 4.78 is 0. The van der Waals surface area contributed by atoms with Crippen LogP contribution in [0, 0.1) is 0 Å². The monoisotopic (exact) mass is 432 g/mol. The molecular weight excluding hydrogens is 400 g/mol. The number of aryl methyl sites for hydroxylation is 1. The topological polar surface area (TPSA) is 55.9 Å². The third-order valence-electron chi connectivity index (χ3n) is 7.25. The van der Waals surface area contributed by atoms with Crippen molar-refractivity contribution in [3.63, 3.8) is 0 Å². The first-order valence-electron chi connectivity index (χ1n) is 11.9. The van der Waals surface area contributed by atoms with Gasteiger partial charge < -0.3 is 10.2 Å².